The Balaban J connectivity index is -0.000000112. The molecule has 0 fully saturated rings. The summed E-state index contributed by atoms with van der Waals surface area (Å²) in [5.74, 6) is 0. The molecule has 2 radical (unpaired) electrons. The van der Waals surface area contributed by atoms with Gasteiger partial charge in [0.2, 0.25) is 0 Å². The van der Waals surface area contributed by atoms with E-state index in [0.29, 0.717) is 0 Å². The summed E-state index contributed by atoms with van der Waals surface area (Å²) < 4.78 is 0. The van der Waals surface area contributed by atoms with Gasteiger partial charge in [-0.15, -0.1) is 0 Å². The molecule has 0 atom stereocenters. The second-order valence-corrected chi connectivity index (χ2v) is 4.20. The third-order valence-corrected chi connectivity index (χ3v) is 2.67. The van der Waals surface area contributed by atoms with E-state index in [9.17, 15) is 0 Å². The van der Waals surface area contributed by atoms with E-state index in [2.05, 4.69) is 48.6 Å². The Morgan fingerprint density at radius 1 is 0.364 bits per heavy atom. The van der Waals surface area contributed by atoms with Crippen molar-refractivity contribution in [1.29, 1.82) is 0 Å². The summed E-state index contributed by atoms with van der Waals surface area (Å²) in [5, 5.41) is 16.5. The van der Waals surface area contributed by atoms with Crippen molar-refractivity contribution in [3.63, 3.8) is 0 Å². The van der Waals surface area contributed by atoms with Crippen LogP contribution in [0.4, 0.5) is 0 Å². The normalized spacial score (nSPS) is 18.0. The first-order valence-electron chi connectivity index (χ1n) is 7.42. The first-order chi connectivity index (χ1) is 10.0. The Hall–Kier alpha value is 0.179. The molecule has 0 saturated carbocycles. The summed E-state index contributed by atoms with van der Waals surface area (Å²) in [6, 6.07) is 0. The van der Waals surface area contributed by atoms with Crippen LogP contribution < -0.4 is 10.2 Å². The molecule has 0 unspecified atom stereocenters. The first-order valence-corrected chi connectivity index (χ1v) is 7.42. The molecular weight excluding hydrogens is 633 g/mol. The van der Waals surface area contributed by atoms with Gasteiger partial charge >= 0.3 is 0 Å². The van der Waals surface area contributed by atoms with E-state index in [1.807, 2.05) is 0 Å². The fraction of sp³-hybridized carbons (Fsp3) is 0.556. The van der Waals surface area contributed by atoms with Gasteiger partial charge < -0.3 is 10.2 Å². The number of rotatable bonds is 0. The fourth-order valence-electron chi connectivity index (χ4n) is 1.71. The zero-order valence-corrected chi connectivity index (χ0v) is 18.5. The third-order valence-electron chi connectivity index (χ3n) is 2.67. The van der Waals surface area contributed by atoms with Crippen LogP contribution in [0.2, 0.25) is 0 Å². The summed E-state index contributed by atoms with van der Waals surface area (Å²) in [4.78, 5) is 0. The number of hydrogen-bond acceptors (Lipinski definition) is 2. The van der Waals surface area contributed by atoms with Gasteiger partial charge in [-0.25, -0.2) is 0 Å². The van der Waals surface area contributed by atoms with Gasteiger partial charge in [0.1, 0.15) is 0 Å². The topological polar surface area (TPSA) is 46.1 Å². The van der Waals surface area contributed by atoms with Crippen molar-refractivity contribution in [2.75, 3.05) is 14.2 Å². The second kappa shape index (κ2) is 32.9. The molecule has 0 aromatic rings. The molecule has 2 aliphatic rings. The Morgan fingerprint density at radius 2 is 0.455 bits per heavy atom. The van der Waals surface area contributed by atoms with Crippen LogP contribution >= 0.6 is 0 Å². The van der Waals surface area contributed by atoms with Crippen molar-refractivity contribution < 1.29 is 50.4 Å². The van der Waals surface area contributed by atoms with Gasteiger partial charge in [-0.2, -0.15) is 14.2 Å². The molecular formula is C18H30Ir2O2-2. The number of allylic oxidation sites excluding steroid dienone is 8. The maximum absolute atomic E-state index is 8.25. The summed E-state index contributed by atoms with van der Waals surface area (Å²) >= 11 is 0. The minimum atomic E-state index is 0. The molecule has 0 saturated heterocycles. The standard InChI is InChI=1S/2C8H12.2CH3O.2Ir/c2*1-2-4-6-8-7-5-3-1;2*1-2;;/h2*1-2,7-8H,3-6H2;2*1H3;;/q;;2*-1;;/b2*2-1-,8-7?;;;;. The van der Waals surface area contributed by atoms with Crippen molar-refractivity contribution in [3.05, 3.63) is 48.6 Å². The van der Waals surface area contributed by atoms with E-state index in [-0.39, 0.29) is 40.2 Å². The van der Waals surface area contributed by atoms with Gasteiger partial charge in [0, 0.05) is 40.2 Å². The predicted molar refractivity (Wildman–Crippen MR) is 85.3 cm³/mol. The van der Waals surface area contributed by atoms with E-state index in [1.54, 1.807) is 0 Å². The Bertz CT molecular complexity index is 192. The Morgan fingerprint density at radius 3 is 0.545 bits per heavy atom. The van der Waals surface area contributed by atoms with Crippen LogP contribution in [0.15, 0.2) is 48.6 Å². The molecule has 2 nitrogen and oxygen atoms in total. The molecule has 0 N–H and O–H groups in total. The third kappa shape index (κ3) is 28.4. The zero-order valence-electron chi connectivity index (χ0n) is 13.8. The molecule has 0 aromatic heterocycles. The average molecular weight is 663 g/mol. The molecule has 134 valence electrons. The zero-order chi connectivity index (χ0) is 15.3. The van der Waals surface area contributed by atoms with Crippen LogP contribution in [0.25, 0.3) is 0 Å². The summed E-state index contributed by atoms with van der Waals surface area (Å²) in [6.45, 7) is 0. The van der Waals surface area contributed by atoms with E-state index in [1.165, 1.54) is 51.4 Å². The van der Waals surface area contributed by atoms with Gasteiger partial charge in [-0.05, 0) is 51.4 Å². The molecule has 4 heteroatoms. The molecule has 0 bridgehead atoms. The fourth-order valence-corrected chi connectivity index (χ4v) is 1.71. The summed E-state index contributed by atoms with van der Waals surface area (Å²) in [7, 11) is 1.50. The van der Waals surface area contributed by atoms with Crippen LogP contribution in [0.1, 0.15) is 51.4 Å². The van der Waals surface area contributed by atoms with Gasteiger partial charge in [0.25, 0.3) is 0 Å². The van der Waals surface area contributed by atoms with E-state index in [4.69, 9.17) is 10.2 Å². The largest absolute Gasteiger partial charge is 0.857 e. The van der Waals surface area contributed by atoms with Crippen LogP contribution in [0, 0.1) is 0 Å². The van der Waals surface area contributed by atoms with Gasteiger partial charge in [-0.3, -0.25) is 0 Å². The van der Waals surface area contributed by atoms with E-state index in [0.717, 1.165) is 14.2 Å². The molecule has 2 aliphatic carbocycles. The quantitative estimate of drug-likeness (QED) is 0.374. The molecule has 22 heavy (non-hydrogen) atoms. The van der Waals surface area contributed by atoms with E-state index < -0.39 is 0 Å². The Labute approximate surface area is 164 Å². The molecule has 0 aromatic carbocycles. The molecule has 0 spiro atoms. The molecule has 0 amide bonds. The van der Waals surface area contributed by atoms with Gasteiger partial charge in [-0.1, -0.05) is 48.6 Å². The van der Waals surface area contributed by atoms with Crippen molar-refractivity contribution in [1.82, 2.24) is 0 Å². The van der Waals surface area contributed by atoms with Gasteiger partial charge in [0.05, 0.1) is 0 Å². The van der Waals surface area contributed by atoms with E-state index >= 15 is 0 Å². The smallest absolute Gasteiger partial charge is 0 e. The van der Waals surface area contributed by atoms with Gasteiger partial charge in [0.15, 0.2) is 0 Å². The van der Waals surface area contributed by atoms with Crippen molar-refractivity contribution in [3.8, 4) is 0 Å². The molecule has 2 rings (SSSR count). The number of hydrogen-bond donors (Lipinski definition) is 0. The van der Waals surface area contributed by atoms with Crippen LogP contribution in [-0.4, -0.2) is 14.2 Å². The minimum Gasteiger partial charge on any atom is -0.857 e. The minimum absolute atomic E-state index is 0. The summed E-state index contributed by atoms with van der Waals surface area (Å²) in [5.41, 5.74) is 0. The average Bonchev–Trinajstić information content (AvgIpc) is 2.42. The monoisotopic (exact) mass is 664 g/mol. The second-order valence-electron chi connectivity index (χ2n) is 4.20. The van der Waals surface area contributed by atoms with Crippen LogP contribution in [0.3, 0.4) is 0 Å². The maximum atomic E-state index is 8.25. The molecule has 0 heterocycles. The Kier molecular flexibility index (Phi) is 45.1. The van der Waals surface area contributed by atoms with Crippen LogP contribution in [-0.2, 0) is 40.2 Å². The SMILES string of the molecule is C1=CCC/C=C\CC1.C1=CCC/C=C\CC1.C[O-].C[O-].[Ir].[Ir]. The van der Waals surface area contributed by atoms with Crippen molar-refractivity contribution in [2.24, 2.45) is 0 Å². The van der Waals surface area contributed by atoms with Crippen LogP contribution in [0.5, 0.6) is 0 Å². The first kappa shape index (κ1) is 30.1. The van der Waals surface area contributed by atoms with Crippen molar-refractivity contribution in [2.45, 2.75) is 51.4 Å². The summed E-state index contributed by atoms with van der Waals surface area (Å²) in [6.07, 6.45) is 28.0. The molecule has 0 aliphatic heterocycles. The van der Waals surface area contributed by atoms with Crippen molar-refractivity contribution >= 4 is 0 Å². The predicted octanol–water partition coefficient (Wildman–Crippen LogP) is 3.29. The maximum Gasteiger partial charge on any atom is 0 e.